The van der Waals surface area contributed by atoms with Crippen LogP contribution < -0.4 is 0 Å². The van der Waals surface area contributed by atoms with Crippen LogP contribution in [0.2, 0.25) is 0 Å². The van der Waals surface area contributed by atoms with Crippen LogP contribution in [-0.4, -0.2) is 41.0 Å². The zero-order chi connectivity index (χ0) is 14.7. The maximum Gasteiger partial charge on any atom is 0.182 e. The SMILES string of the molecule is CC(C(=O)c1ccc(F)cc1F)N1CCCCC1CO. The molecule has 0 radical (unpaired) electrons. The molecule has 0 saturated carbocycles. The van der Waals surface area contributed by atoms with Gasteiger partial charge >= 0.3 is 0 Å². The van der Waals surface area contributed by atoms with Gasteiger partial charge in [-0.15, -0.1) is 0 Å². The number of Topliss-reactive ketones (excluding diaryl/α,β-unsaturated/α-hetero) is 1. The summed E-state index contributed by atoms with van der Waals surface area (Å²) < 4.78 is 26.6. The van der Waals surface area contributed by atoms with E-state index in [9.17, 15) is 18.7 Å². The van der Waals surface area contributed by atoms with Gasteiger partial charge in [0, 0.05) is 12.1 Å². The fourth-order valence-corrected chi connectivity index (χ4v) is 2.79. The van der Waals surface area contributed by atoms with Crippen LogP contribution in [0.15, 0.2) is 18.2 Å². The summed E-state index contributed by atoms with van der Waals surface area (Å²) in [4.78, 5) is 14.3. The van der Waals surface area contributed by atoms with Gasteiger partial charge in [0.25, 0.3) is 0 Å². The topological polar surface area (TPSA) is 40.5 Å². The van der Waals surface area contributed by atoms with E-state index in [2.05, 4.69) is 0 Å². The minimum Gasteiger partial charge on any atom is -0.395 e. The van der Waals surface area contributed by atoms with Gasteiger partial charge in [-0.2, -0.15) is 0 Å². The third kappa shape index (κ3) is 3.04. The summed E-state index contributed by atoms with van der Waals surface area (Å²) in [5.41, 5.74) is -0.0961. The molecule has 0 aliphatic carbocycles. The van der Waals surface area contributed by atoms with Gasteiger partial charge in [-0.25, -0.2) is 8.78 Å². The van der Waals surface area contributed by atoms with Crippen molar-refractivity contribution in [2.24, 2.45) is 0 Å². The lowest BCUT2D eigenvalue weighted by atomic mass is 9.96. The smallest absolute Gasteiger partial charge is 0.182 e. The number of likely N-dealkylation sites (tertiary alicyclic amines) is 1. The van der Waals surface area contributed by atoms with Crippen LogP contribution in [0.4, 0.5) is 8.78 Å². The fourth-order valence-electron chi connectivity index (χ4n) is 2.79. The summed E-state index contributed by atoms with van der Waals surface area (Å²) in [6.45, 7) is 2.41. The standard InChI is InChI=1S/C15H19F2NO2/c1-10(18-7-3-2-4-12(18)9-19)15(20)13-6-5-11(16)8-14(13)17/h5-6,8,10,12,19H,2-4,7,9H2,1H3. The Kier molecular flexibility index (Phi) is 4.83. The molecule has 1 aliphatic rings. The van der Waals surface area contributed by atoms with E-state index >= 15 is 0 Å². The van der Waals surface area contributed by atoms with Crippen LogP contribution in [0, 0.1) is 11.6 Å². The summed E-state index contributed by atoms with van der Waals surface area (Å²) in [6.07, 6.45) is 2.81. The Balaban J connectivity index is 2.18. The van der Waals surface area contributed by atoms with Gasteiger partial charge in [-0.05, 0) is 38.4 Å². The number of hydrogen-bond donors (Lipinski definition) is 1. The van der Waals surface area contributed by atoms with E-state index in [1.54, 1.807) is 6.92 Å². The van der Waals surface area contributed by atoms with E-state index in [-0.39, 0.29) is 24.0 Å². The molecule has 0 bridgehead atoms. The van der Waals surface area contributed by atoms with Crippen LogP contribution in [0.3, 0.4) is 0 Å². The summed E-state index contributed by atoms with van der Waals surface area (Å²) in [7, 11) is 0. The average Bonchev–Trinajstić information content (AvgIpc) is 2.45. The number of aliphatic hydroxyl groups is 1. The lowest BCUT2D eigenvalue weighted by Gasteiger charge is -2.38. The zero-order valence-electron chi connectivity index (χ0n) is 11.5. The van der Waals surface area contributed by atoms with E-state index in [1.807, 2.05) is 4.90 Å². The number of hydrogen-bond acceptors (Lipinski definition) is 3. The summed E-state index contributed by atoms with van der Waals surface area (Å²) >= 11 is 0. The molecule has 2 unspecified atom stereocenters. The summed E-state index contributed by atoms with van der Waals surface area (Å²) in [6, 6.07) is 2.41. The minimum absolute atomic E-state index is 0.0104. The van der Waals surface area contributed by atoms with Crippen LogP contribution >= 0.6 is 0 Å². The normalized spacial score (nSPS) is 21.7. The fraction of sp³-hybridized carbons (Fsp3) is 0.533. The van der Waals surface area contributed by atoms with Gasteiger partial charge in [0.2, 0.25) is 0 Å². The molecule has 1 aliphatic heterocycles. The predicted molar refractivity (Wildman–Crippen MR) is 71.6 cm³/mol. The van der Waals surface area contributed by atoms with Crippen molar-refractivity contribution >= 4 is 5.78 Å². The molecule has 1 aromatic rings. The van der Waals surface area contributed by atoms with Gasteiger partial charge < -0.3 is 5.11 Å². The van der Waals surface area contributed by atoms with Crippen molar-refractivity contribution in [2.75, 3.05) is 13.2 Å². The van der Waals surface area contributed by atoms with Crippen LogP contribution in [-0.2, 0) is 0 Å². The summed E-state index contributed by atoms with van der Waals surface area (Å²) in [5, 5.41) is 9.38. The van der Waals surface area contributed by atoms with Crippen molar-refractivity contribution in [3.05, 3.63) is 35.4 Å². The zero-order valence-corrected chi connectivity index (χ0v) is 11.5. The third-order valence-electron chi connectivity index (χ3n) is 3.96. The number of nitrogens with zero attached hydrogens (tertiary/aromatic N) is 1. The Bertz CT molecular complexity index is 493. The number of piperidine rings is 1. The molecule has 2 rings (SSSR count). The molecular formula is C15H19F2NO2. The quantitative estimate of drug-likeness (QED) is 0.863. The highest BCUT2D eigenvalue weighted by atomic mass is 19.1. The van der Waals surface area contributed by atoms with Gasteiger partial charge in [0.1, 0.15) is 11.6 Å². The van der Waals surface area contributed by atoms with Crippen molar-refractivity contribution in [2.45, 2.75) is 38.3 Å². The van der Waals surface area contributed by atoms with Crippen molar-refractivity contribution in [1.29, 1.82) is 0 Å². The molecule has 0 aromatic heterocycles. The summed E-state index contributed by atoms with van der Waals surface area (Å²) in [5.74, 6) is -1.90. The van der Waals surface area contributed by atoms with Crippen LogP contribution in [0.5, 0.6) is 0 Å². The van der Waals surface area contributed by atoms with Gasteiger partial charge in [0.05, 0.1) is 18.2 Å². The van der Waals surface area contributed by atoms with Gasteiger partial charge in [0.15, 0.2) is 5.78 Å². The Morgan fingerprint density at radius 1 is 1.45 bits per heavy atom. The maximum absolute atomic E-state index is 13.7. The van der Waals surface area contributed by atoms with Gasteiger partial charge in [-0.3, -0.25) is 9.69 Å². The molecule has 110 valence electrons. The number of ketones is 1. The molecule has 1 fully saturated rings. The highest BCUT2D eigenvalue weighted by Gasteiger charge is 2.31. The van der Waals surface area contributed by atoms with Crippen LogP contribution in [0.25, 0.3) is 0 Å². The van der Waals surface area contributed by atoms with Crippen molar-refractivity contribution in [3.63, 3.8) is 0 Å². The number of aliphatic hydroxyl groups excluding tert-OH is 1. The van der Waals surface area contributed by atoms with E-state index in [0.717, 1.165) is 31.4 Å². The second kappa shape index (κ2) is 6.41. The Morgan fingerprint density at radius 2 is 2.20 bits per heavy atom. The molecule has 1 heterocycles. The molecule has 0 amide bonds. The first kappa shape index (κ1) is 15.1. The van der Waals surface area contributed by atoms with E-state index < -0.39 is 17.7 Å². The molecule has 1 aromatic carbocycles. The molecular weight excluding hydrogens is 264 g/mol. The highest BCUT2D eigenvalue weighted by molar-refractivity contribution is 6.00. The number of rotatable bonds is 4. The lowest BCUT2D eigenvalue weighted by molar-refractivity contribution is 0.0488. The lowest BCUT2D eigenvalue weighted by Crippen LogP contribution is -2.50. The largest absolute Gasteiger partial charge is 0.395 e. The molecule has 5 heteroatoms. The molecule has 3 nitrogen and oxygen atoms in total. The monoisotopic (exact) mass is 283 g/mol. The molecule has 0 spiro atoms. The average molecular weight is 283 g/mol. The Morgan fingerprint density at radius 3 is 2.85 bits per heavy atom. The van der Waals surface area contributed by atoms with E-state index in [0.29, 0.717) is 6.54 Å². The second-order valence-corrected chi connectivity index (χ2v) is 5.23. The Hall–Kier alpha value is -1.33. The number of halogens is 2. The first-order valence-corrected chi connectivity index (χ1v) is 6.90. The van der Waals surface area contributed by atoms with Crippen molar-refractivity contribution in [3.8, 4) is 0 Å². The predicted octanol–water partition coefficient (Wildman–Crippen LogP) is 2.38. The van der Waals surface area contributed by atoms with Gasteiger partial charge in [-0.1, -0.05) is 6.42 Å². The third-order valence-corrected chi connectivity index (χ3v) is 3.96. The van der Waals surface area contributed by atoms with E-state index in [4.69, 9.17) is 0 Å². The van der Waals surface area contributed by atoms with Crippen LogP contribution in [0.1, 0.15) is 36.5 Å². The molecule has 1 saturated heterocycles. The van der Waals surface area contributed by atoms with E-state index in [1.165, 1.54) is 6.07 Å². The molecule has 20 heavy (non-hydrogen) atoms. The highest BCUT2D eigenvalue weighted by Crippen LogP contribution is 2.22. The van der Waals surface area contributed by atoms with Crippen molar-refractivity contribution in [1.82, 2.24) is 4.90 Å². The number of carbonyl (C=O) groups is 1. The number of carbonyl (C=O) groups excluding carboxylic acids is 1. The molecule has 2 atom stereocenters. The molecule has 1 N–H and O–H groups in total. The first-order chi connectivity index (χ1) is 9.54. The maximum atomic E-state index is 13.7. The Labute approximate surface area is 117 Å². The second-order valence-electron chi connectivity index (χ2n) is 5.23. The number of benzene rings is 1. The van der Waals surface area contributed by atoms with Crippen molar-refractivity contribution < 1.29 is 18.7 Å². The first-order valence-electron chi connectivity index (χ1n) is 6.90. The minimum atomic E-state index is -0.834.